The molecule has 100 valence electrons. The van der Waals surface area contributed by atoms with Crippen molar-refractivity contribution in [2.75, 3.05) is 0 Å². The minimum Gasteiger partial charge on any atom is -0.439 e. The lowest BCUT2D eigenvalue weighted by Gasteiger charge is -2.07. The van der Waals surface area contributed by atoms with Gasteiger partial charge in [0, 0.05) is 11.6 Å². The third-order valence-corrected chi connectivity index (χ3v) is 2.43. The van der Waals surface area contributed by atoms with Crippen molar-refractivity contribution in [3.05, 3.63) is 42.4 Å². The SMILES string of the molecule is CC(C)NC(N)=NCc1ncc(-c2ccccc2)o1. The number of benzene rings is 1. The Morgan fingerprint density at radius 2 is 2.11 bits per heavy atom. The molecule has 5 heteroatoms. The van der Waals surface area contributed by atoms with E-state index in [-0.39, 0.29) is 6.04 Å². The summed E-state index contributed by atoms with van der Waals surface area (Å²) in [5, 5.41) is 3.01. The van der Waals surface area contributed by atoms with Gasteiger partial charge in [0.05, 0.1) is 6.20 Å². The van der Waals surface area contributed by atoms with Crippen LogP contribution in [-0.4, -0.2) is 17.0 Å². The summed E-state index contributed by atoms with van der Waals surface area (Å²) in [6.07, 6.45) is 1.70. The maximum atomic E-state index is 5.71. The molecule has 1 aromatic carbocycles. The molecule has 0 aliphatic carbocycles. The molecule has 0 fully saturated rings. The maximum absolute atomic E-state index is 5.71. The summed E-state index contributed by atoms with van der Waals surface area (Å²) in [5.41, 5.74) is 6.71. The predicted octanol–water partition coefficient (Wildman–Crippen LogP) is 2.15. The fourth-order valence-electron chi connectivity index (χ4n) is 1.61. The smallest absolute Gasteiger partial charge is 0.216 e. The average Bonchev–Trinajstić information content (AvgIpc) is 2.85. The van der Waals surface area contributed by atoms with Crippen molar-refractivity contribution < 1.29 is 4.42 Å². The molecule has 3 N–H and O–H groups in total. The van der Waals surface area contributed by atoms with E-state index in [0.717, 1.165) is 11.3 Å². The van der Waals surface area contributed by atoms with E-state index in [1.165, 1.54) is 0 Å². The highest BCUT2D eigenvalue weighted by atomic mass is 16.4. The van der Waals surface area contributed by atoms with Gasteiger partial charge in [0.1, 0.15) is 6.54 Å². The molecule has 0 aliphatic heterocycles. The zero-order valence-electron chi connectivity index (χ0n) is 11.1. The van der Waals surface area contributed by atoms with Crippen molar-refractivity contribution in [1.29, 1.82) is 0 Å². The molecule has 2 aromatic rings. The molecule has 1 heterocycles. The summed E-state index contributed by atoms with van der Waals surface area (Å²) >= 11 is 0. The van der Waals surface area contributed by atoms with Gasteiger partial charge in [-0.15, -0.1) is 0 Å². The molecule has 0 aliphatic rings. The minimum absolute atomic E-state index is 0.258. The molecule has 0 atom stereocenters. The molecule has 1 aromatic heterocycles. The van der Waals surface area contributed by atoms with Crippen molar-refractivity contribution in [2.45, 2.75) is 26.4 Å². The van der Waals surface area contributed by atoms with Crippen molar-refractivity contribution in [1.82, 2.24) is 10.3 Å². The Hall–Kier alpha value is -2.30. The van der Waals surface area contributed by atoms with E-state index in [2.05, 4.69) is 15.3 Å². The Morgan fingerprint density at radius 3 is 2.79 bits per heavy atom. The van der Waals surface area contributed by atoms with Crippen LogP contribution >= 0.6 is 0 Å². The molecule has 19 heavy (non-hydrogen) atoms. The van der Waals surface area contributed by atoms with Crippen LogP contribution in [0.2, 0.25) is 0 Å². The Balaban J connectivity index is 2.02. The van der Waals surface area contributed by atoms with Crippen LogP contribution in [0.1, 0.15) is 19.7 Å². The lowest BCUT2D eigenvalue weighted by Crippen LogP contribution is -2.36. The highest BCUT2D eigenvalue weighted by Gasteiger charge is 2.05. The van der Waals surface area contributed by atoms with Gasteiger partial charge in [0.15, 0.2) is 11.7 Å². The quantitative estimate of drug-likeness (QED) is 0.650. The van der Waals surface area contributed by atoms with Gasteiger partial charge in [-0.1, -0.05) is 30.3 Å². The summed E-state index contributed by atoms with van der Waals surface area (Å²) in [4.78, 5) is 8.36. The van der Waals surface area contributed by atoms with E-state index in [0.29, 0.717) is 18.4 Å². The first-order valence-corrected chi connectivity index (χ1v) is 6.21. The highest BCUT2D eigenvalue weighted by Crippen LogP contribution is 2.19. The van der Waals surface area contributed by atoms with E-state index >= 15 is 0 Å². The van der Waals surface area contributed by atoms with E-state index in [1.54, 1.807) is 6.20 Å². The first kappa shape index (κ1) is 13.1. The van der Waals surface area contributed by atoms with Crippen molar-refractivity contribution >= 4 is 5.96 Å². The molecular weight excluding hydrogens is 240 g/mol. The number of aliphatic imine (C=N–C) groups is 1. The second-order valence-corrected chi connectivity index (χ2v) is 4.48. The summed E-state index contributed by atoms with van der Waals surface area (Å²) < 4.78 is 5.62. The largest absolute Gasteiger partial charge is 0.439 e. The fourth-order valence-corrected chi connectivity index (χ4v) is 1.61. The summed E-state index contributed by atoms with van der Waals surface area (Å²) in [7, 11) is 0. The van der Waals surface area contributed by atoms with Gasteiger partial charge in [-0.05, 0) is 13.8 Å². The first-order chi connectivity index (χ1) is 9.15. The van der Waals surface area contributed by atoms with Crippen molar-refractivity contribution in [3.8, 4) is 11.3 Å². The van der Waals surface area contributed by atoms with Crippen LogP contribution in [-0.2, 0) is 6.54 Å². The van der Waals surface area contributed by atoms with Crippen molar-refractivity contribution in [2.24, 2.45) is 10.7 Å². The van der Waals surface area contributed by atoms with Crippen LogP contribution in [0.3, 0.4) is 0 Å². The lowest BCUT2D eigenvalue weighted by molar-refractivity contribution is 0.509. The second-order valence-electron chi connectivity index (χ2n) is 4.48. The van der Waals surface area contributed by atoms with E-state index in [1.807, 2.05) is 44.2 Å². The Morgan fingerprint density at radius 1 is 1.37 bits per heavy atom. The number of nitrogens with one attached hydrogen (secondary N) is 1. The Bertz CT molecular complexity index is 546. The Labute approximate surface area is 112 Å². The molecular formula is C14H18N4O. The maximum Gasteiger partial charge on any atom is 0.216 e. The third kappa shape index (κ3) is 3.84. The van der Waals surface area contributed by atoms with Gasteiger partial charge in [0.25, 0.3) is 0 Å². The number of aromatic nitrogens is 1. The standard InChI is InChI=1S/C14H18N4O/c1-10(2)18-14(15)17-9-13-16-8-12(19-13)11-6-4-3-5-7-11/h3-8,10H,9H2,1-2H3,(H3,15,17,18). The molecule has 0 spiro atoms. The average molecular weight is 258 g/mol. The topological polar surface area (TPSA) is 76.4 Å². The monoisotopic (exact) mass is 258 g/mol. The zero-order valence-corrected chi connectivity index (χ0v) is 11.1. The number of rotatable bonds is 4. The van der Waals surface area contributed by atoms with Crippen LogP contribution in [0.5, 0.6) is 0 Å². The summed E-state index contributed by atoms with van der Waals surface area (Å²) in [5.74, 6) is 1.68. The zero-order chi connectivity index (χ0) is 13.7. The van der Waals surface area contributed by atoms with Gasteiger partial charge in [0.2, 0.25) is 5.89 Å². The van der Waals surface area contributed by atoms with Crippen molar-refractivity contribution in [3.63, 3.8) is 0 Å². The van der Waals surface area contributed by atoms with Gasteiger partial charge >= 0.3 is 0 Å². The highest BCUT2D eigenvalue weighted by molar-refractivity contribution is 5.77. The fraction of sp³-hybridized carbons (Fsp3) is 0.286. The van der Waals surface area contributed by atoms with Gasteiger partial charge in [-0.3, -0.25) is 0 Å². The van der Waals surface area contributed by atoms with E-state index in [4.69, 9.17) is 10.2 Å². The lowest BCUT2D eigenvalue weighted by atomic mass is 10.2. The molecule has 2 rings (SSSR count). The number of hydrogen-bond acceptors (Lipinski definition) is 3. The van der Waals surface area contributed by atoms with E-state index < -0.39 is 0 Å². The summed E-state index contributed by atoms with van der Waals surface area (Å²) in [6, 6.07) is 10.1. The van der Waals surface area contributed by atoms with Crippen LogP contribution in [0, 0.1) is 0 Å². The van der Waals surface area contributed by atoms with E-state index in [9.17, 15) is 0 Å². The number of oxazole rings is 1. The normalized spacial score (nSPS) is 11.8. The van der Waals surface area contributed by atoms with Crippen LogP contribution < -0.4 is 11.1 Å². The van der Waals surface area contributed by atoms with Crippen LogP contribution in [0.25, 0.3) is 11.3 Å². The number of nitrogens with two attached hydrogens (primary N) is 1. The van der Waals surface area contributed by atoms with Crippen LogP contribution in [0.15, 0.2) is 45.9 Å². The first-order valence-electron chi connectivity index (χ1n) is 6.21. The molecule has 0 radical (unpaired) electrons. The van der Waals surface area contributed by atoms with Gasteiger partial charge < -0.3 is 15.5 Å². The molecule has 0 saturated heterocycles. The molecule has 0 bridgehead atoms. The number of hydrogen-bond donors (Lipinski definition) is 2. The molecule has 0 amide bonds. The summed E-state index contributed by atoms with van der Waals surface area (Å²) in [6.45, 7) is 4.33. The molecule has 0 saturated carbocycles. The molecule has 0 unspecified atom stereocenters. The molecule has 5 nitrogen and oxygen atoms in total. The third-order valence-electron chi connectivity index (χ3n) is 2.43. The number of guanidine groups is 1. The van der Waals surface area contributed by atoms with Gasteiger partial charge in [-0.25, -0.2) is 9.98 Å². The number of nitrogens with zero attached hydrogens (tertiary/aromatic N) is 2. The van der Waals surface area contributed by atoms with Gasteiger partial charge in [-0.2, -0.15) is 0 Å². The van der Waals surface area contributed by atoms with Crippen LogP contribution in [0.4, 0.5) is 0 Å². The predicted molar refractivity (Wildman–Crippen MR) is 75.5 cm³/mol. The Kier molecular flexibility index (Phi) is 4.18. The second kappa shape index (κ2) is 6.04. The minimum atomic E-state index is 0.258.